The zero-order valence-electron chi connectivity index (χ0n) is 11.0. The minimum absolute atomic E-state index is 0.771. The third-order valence-corrected chi connectivity index (χ3v) is 2.89. The Bertz CT molecular complexity index is 490. The lowest BCUT2D eigenvalue weighted by Crippen LogP contribution is -2.47. The van der Waals surface area contributed by atoms with Crippen molar-refractivity contribution in [2.24, 2.45) is 0 Å². The summed E-state index contributed by atoms with van der Waals surface area (Å²) in [4.78, 5) is 0. The maximum absolute atomic E-state index is 3.74. The minimum atomic E-state index is 0.771. The highest BCUT2D eigenvalue weighted by atomic mass is 15.2. The van der Waals surface area contributed by atoms with Crippen molar-refractivity contribution in [2.45, 2.75) is 13.3 Å². The van der Waals surface area contributed by atoms with Crippen molar-refractivity contribution in [3.05, 3.63) is 73.3 Å². The predicted molar refractivity (Wildman–Crippen MR) is 76.6 cm³/mol. The van der Waals surface area contributed by atoms with Crippen LogP contribution in [-0.2, 0) is 13.3 Å². The summed E-state index contributed by atoms with van der Waals surface area (Å²) in [6.45, 7) is 9.03. The van der Waals surface area contributed by atoms with Crippen molar-refractivity contribution < 1.29 is 9.13 Å². The molecule has 0 amide bonds. The number of aromatic nitrogens is 2. The molecule has 0 aliphatic heterocycles. The molecule has 0 fully saturated rings. The molecule has 0 aromatic carbocycles. The van der Waals surface area contributed by atoms with Crippen LogP contribution in [-0.4, -0.2) is 0 Å². The van der Waals surface area contributed by atoms with Gasteiger partial charge in [0.25, 0.3) is 0 Å². The van der Waals surface area contributed by atoms with Crippen molar-refractivity contribution >= 4 is 12.2 Å². The number of nitrogens with one attached hydrogen (secondary N) is 1. The average Bonchev–Trinajstić information content (AvgIpc) is 2.49. The fourth-order valence-corrected chi connectivity index (χ4v) is 1.73. The first-order valence-corrected chi connectivity index (χ1v) is 6.25. The summed E-state index contributed by atoms with van der Waals surface area (Å²) >= 11 is 0. The standard InChI is InChI=1S/C16H19N3/c1-3-15-5-9-18(10-6-15)13-17-14-19-11-7-16(4-2)8-12-19/h3-12,17H,1-2,13-14H2/q+2. The van der Waals surface area contributed by atoms with Gasteiger partial charge in [-0.05, 0) is 11.1 Å². The smallest absolute Gasteiger partial charge is 0.204 e. The first-order chi connectivity index (χ1) is 9.31. The van der Waals surface area contributed by atoms with Crippen molar-refractivity contribution in [3.63, 3.8) is 0 Å². The topological polar surface area (TPSA) is 19.8 Å². The van der Waals surface area contributed by atoms with Gasteiger partial charge in [0.2, 0.25) is 13.3 Å². The highest BCUT2D eigenvalue weighted by Crippen LogP contribution is 1.95. The summed E-state index contributed by atoms with van der Waals surface area (Å²) in [6.07, 6.45) is 11.8. The second kappa shape index (κ2) is 6.61. The van der Waals surface area contributed by atoms with Gasteiger partial charge in [-0.1, -0.05) is 25.3 Å². The van der Waals surface area contributed by atoms with E-state index in [-0.39, 0.29) is 0 Å². The summed E-state index contributed by atoms with van der Waals surface area (Å²) in [7, 11) is 0. The van der Waals surface area contributed by atoms with Gasteiger partial charge in [0.05, 0.1) is 0 Å². The van der Waals surface area contributed by atoms with Crippen LogP contribution in [0.1, 0.15) is 11.1 Å². The number of pyridine rings is 2. The molecule has 0 bridgehead atoms. The summed E-state index contributed by atoms with van der Waals surface area (Å²) in [5.41, 5.74) is 2.26. The second-order valence-corrected chi connectivity index (χ2v) is 4.27. The van der Waals surface area contributed by atoms with Crippen molar-refractivity contribution in [2.75, 3.05) is 0 Å². The van der Waals surface area contributed by atoms with Gasteiger partial charge in [0, 0.05) is 24.3 Å². The van der Waals surface area contributed by atoms with Gasteiger partial charge in [-0.15, -0.1) is 0 Å². The van der Waals surface area contributed by atoms with Gasteiger partial charge >= 0.3 is 0 Å². The molecule has 2 aromatic rings. The monoisotopic (exact) mass is 253 g/mol. The molecule has 0 saturated heterocycles. The molecule has 3 nitrogen and oxygen atoms in total. The van der Waals surface area contributed by atoms with E-state index in [1.165, 1.54) is 0 Å². The molecule has 1 N–H and O–H groups in total. The van der Waals surface area contributed by atoms with Crippen molar-refractivity contribution in [1.82, 2.24) is 5.32 Å². The van der Waals surface area contributed by atoms with E-state index in [0.29, 0.717) is 0 Å². The molecule has 2 rings (SSSR count). The van der Waals surface area contributed by atoms with Crippen LogP contribution >= 0.6 is 0 Å². The van der Waals surface area contributed by atoms with E-state index in [4.69, 9.17) is 0 Å². The van der Waals surface area contributed by atoms with Crippen LogP contribution in [0, 0.1) is 0 Å². The van der Waals surface area contributed by atoms with Gasteiger partial charge in [-0.2, -0.15) is 9.13 Å². The summed E-state index contributed by atoms with van der Waals surface area (Å²) in [5, 5.41) is 3.37. The molecule has 0 atom stereocenters. The molecular weight excluding hydrogens is 234 g/mol. The molecule has 0 spiro atoms. The highest BCUT2D eigenvalue weighted by molar-refractivity contribution is 5.44. The van der Waals surface area contributed by atoms with E-state index in [0.717, 1.165) is 24.5 Å². The number of nitrogens with zero attached hydrogens (tertiary/aromatic N) is 2. The van der Waals surface area contributed by atoms with E-state index in [9.17, 15) is 0 Å². The van der Waals surface area contributed by atoms with E-state index < -0.39 is 0 Å². The Hall–Kier alpha value is -2.26. The zero-order valence-corrected chi connectivity index (χ0v) is 11.0. The molecule has 3 heteroatoms. The maximum atomic E-state index is 3.74. The normalized spacial score (nSPS) is 10.1. The molecule has 0 aliphatic carbocycles. The molecule has 0 unspecified atom stereocenters. The summed E-state index contributed by atoms with van der Waals surface area (Å²) in [6, 6.07) is 8.17. The molecular formula is C16H19N3+2. The van der Waals surface area contributed by atoms with E-state index in [1.807, 2.05) is 61.2 Å². The predicted octanol–water partition coefficient (Wildman–Crippen LogP) is 1.75. The van der Waals surface area contributed by atoms with Crippen LogP contribution in [0.2, 0.25) is 0 Å². The largest absolute Gasteiger partial charge is 0.206 e. The van der Waals surface area contributed by atoms with E-state index in [1.54, 1.807) is 0 Å². The van der Waals surface area contributed by atoms with Crippen molar-refractivity contribution in [1.29, 1.82) is 0 Å². The molecule has 19 heavy (non-hydrogen) atoms. The Morgan fingerprint density at radius 2 is 1.16 bits per heavy atom. The summed E-state index contributed by atoms with van der Waals surface area (Å²) < 4.78 is 4.18. The first-order valence-electron chi connectivity index (χ1n) is 6.25. The first kappa shape index (κ1) is 13.2. The molecule has 96 valence electrons. The molecule has 2 heterocycles. The van der Waals surface area contributed by atoms with Crippen LogP contribution in [0.25, 0.3) is 12.2 Å². The Morgan fingerprint density at radius 1 is 0.789 bits per heavy atom. The van der Waals surface area contributed by atoms with Gasteiger partial charge in [0.1, 0.15) is 0 Å². The highest BCUT2D eigenvalue weighted by Gasteiger charge is 2.02. The Balaban J connectivity index is 1.84. The van der Waals surface area contributed by atoms with Crippen LogP contribution < -0.4 is 14.5 Å². The Morgan fingerprint density at radius 3 is 1.47 bits per heavy atom. The lowest BCUT2D eigenvalue weighted by molar-refractivity contribution is -0.735. The van der Waals surface area contributed by atoms with Crippen LogP contribution in [0.15, 0.2) is 62.2 Å². The average molecular weight is 253 g/mol. The molecule has 0 saturated carbocycles. The molecule has 2 aromatic heterocycles. The number of hydrogen-bond donors (Lipinski definition) is 1. The third-order valence-electron chi connectivity index (χ3n) is 2.89. The van der Waals surface area contributed by atoms with Crippen LogP contribution in [0.3, 0.4) is 0 Å². The Kier molecular flexibility index (Phi) is 4.59. The van der Waals surface area contributed by atoms with Crippen LogP contribution in [0.5, 0.6) is 0 Å². The summed E-state index contributed by atoms with van der Waals surface area (Å²) in [5.74, 6) is 0. The number of rotatable bonds is 6. The Labute approximate surface area is 114 Å². The maximum Gasteiger partial charge on any atom is 0.206 e. The van der Waals surface area contributed by atoms with E-state index >= 15 is 0 Å². The minimum Gasteiger partial charge on any atom is -0.204 e. The van der Waals surface area contributed by atoms with Crippen LogP contribution in [0.4, 0.5) is 0 Å². The fraction of sp³-hybridized carbons (Fsp3) is 0.125. The lowest BCUT2D eigenvalue weighted by Gasteiger charge is -1.99. The van der Waals surface area contributed by atoms with Gasteiger partial charge in [-0.3, -0.25) is 0 Å². The quantitative estimate of drug-likeness (QED) is 0.778. The molecule has 0 aliphatic rings. The van der Waals surface area contributed by atoms with Gasteiger partial charge < -0.3 is 0 Å². The van der Waals surface area contributed by atoms with Gasteiger partial charge in [0.15, 0.2) is 24.8 Å². The SMILES string of the molecule is C=Cc1cc[n+](CNC[n+]2ccc(C=C)cc2)cc1. The van der Waals surface area contributed by atoms with Gasteiger partial charge in [-0.25, -0.2) is 5.32 Å². The third kappa shape index (κ3) is 3.86. The fourth-order valence-electron chi connectivity index (χ4n) is 1.73. The van der Waals surface area contributed by atoms with E-state index in [2.05, 4.69) is 27.6 Å². The second-order valence-electron chi connectivity index (χ2n) is 4.27. The molecule has 0 radical (unpaired) electrons. The number of hydrogen-bond acceptors (Lipinski definition) is 1. The van der Waals surface area contributed by atoms with Crippen molar-refractivity contribution in [3.8, 4) is 0 Å². The lowest BCUT2D eigenvalue weighted by atomic mass is 10.3. The zero-order chi connectivity index (χ0) is 13.5.